The number of hydrogen-bond acceptors (Lipinski definition) is 6. The number of aryl methyl sites for hydroxylation is 3. The van der Waals surface area contributed by atoms with E-state index in [-0.39, 0.29) is 5.91 Å². The van der Waals surface area contributed by atoms with Crippen LogP contribution >= 0.6 is 0 Å². The number of aromatic amines is 1. The maximum atomic E-state index is 12.4. The molecule has 1 amide bonds. The van der Waals surface area contributed by atoms with Crippen LogP contribution in [0.15, 0.2) is 51.6 Å². The molecule has 3 aromatic heterocycles. The Morgan fingerprint density at radius 1 is 1.17 bits per heavy atom. The summed E-state index contributed by atoms with van der Waals surface area (Å²) in [7, 11) is 0. The molecule has 0 fully saturated rings. The summed E-state index contributed by atoms with van der Waals surface area (Å²) in [6, 6.07) is 10.7. The van der Waals surface area contributed by atoms with E-state index in [1.54, 1.807) is 30.5 Å². The molecule has 0 saturated carbocycles. The maximum Gasteiger partial charge on any atom is 0.251 e. The summed E-state index contributed by atoms with van der Waals surface area (Å²) in [4.78, 5) is 16.9. The molecule has 4 aromatic rings. The second-order valence-corrected chi connectivity index (χ2v) is 6.77. The molecule has 1 aromatic carbocycles. The van der Waals surface area contributed by atoms with E-state index < -0.39 is 0 Å². The Kier molecular flexibility index (Phi) is 5.24. The predicted octanol–water partition coefficient (Wildman–Crippen LogP) is 3.38. The van der Waals surface area contributed by atoms with E-state index in [4.69, 9.17) is 8.94 Å². The molecule has 0 aliphatic heterocycles. The fourth-order valence-electron chi connectivity index (χ4n) is 3.13. The highest BCUT2D eigenvalue weighted by Gasteiger charge is 2.14. The Morgan fingerprint density at radius 3 is 2.83 bits per heavy atom. The first-order valence-electron chi connectivity index (χ1n) is 9.34. The molecular weight excluding hydrogens is 370 g/mol. The highest BCUT2D eigenvalue weighted by Crippen LogP contribution is 2.19. The lowest BCUT2D eigenvalue weighted by Crippen LogP contribution is -2.22. The van der Waals surface area contributed by atoms with Crippen LogP contribution in [-0.2, 0) is 19.4 Å². The first-order valence-corrected chi connectivity index (χ1v) is 9.34. The number of benzene rings is 1. The van der Waals surface area contributed by atoms with Crippen LogP contribution in [0.5, 0.6) is 0 Å². The van der Waals surface area contributed by atoms with Crippen molar-refractivity contribution < 1.29 is 13.7 Å². The van der Waals surface area contributed by atoms with Crippen molar-refractivity contribution in [1.82, 2.24) is 25.7 Å². The molecule has 4 rings (SSSR count). The van der Waals surface area contributed by atoms with Gasteiger partial charge in [0.1, 0.15) is 5.76 Å². The quantitative estimate of drug-likeness (QED) is 0.500. The Hall–Kier alpha value is -3.68. The second-order valence-electron chi connectivity index (χ2n) is 6.77. The number of nitrogens with zero attached hydrogens (tertiary/aromatic N) is 3. The van der Waals surface area contributed by atoms with E-state index in [1.165, 1.54) is 5.56 Å². The number of rotatable bonds is 7. The van der Waals surface area contributed by atoms with Crippen LogP contribution in [0.3, 0.4) is 0 Å². The first kappa shape index (κ1) is 18.7. The summed E-state index contributed by atoms with van der Waals surface area (Å²) in [5.41, 5.74) is 4.44. The minimum atomic E-state index is -0.196. The molecule has 0 spiro atoms. The topological polar surface area (TPSA) is 110 Å². The molecule has 0 radical (unpaired) electrons. The largest absolute Gasteiger partial charge is 0.467 e. The van der Waals surface area contributed by atoms with Crippen molar-refractivity contribution in [2.75, 3.05) is 0 Å². The van der Waals surface area contributed by atoms with Crippen LogP contribution in [0, 0.1) is 13.8 Å². The van der Waals surface area contributed by atoms with Crippen molar-refractivity contribution in [2.45, 2.75) is 33.2 Å². The third-order valence-electron chi connectivity index (χ3n) is 4.72. The number of amides is 1. The van der Waals surface area contributed by atoms with Crippen LogP contribution in [0.25, 0.3) is 11.4 Å². The van der Waals surface area contributed by atoms with Crippen molar-refractivity contribution in [2.24, 2.45) is 0 Å². The molecule has 0 aliphatic carbocycles. The van der Waals surface area contributed by atoms with E-state index in [9.17, 15) is 4.79 Å². The SMILES string of the molecule is Cc1n[nH]c(C)c1CCc1nc(-c2cccc(C(=O)NCc3ccco3)c2)no1. The number of hydrogen-bond donors (Lipinski definition) is 2. The maximum absolute atomic E-state index is 12.4. The Morgan fingerprint density at radius 2 is 2.07 bits per heavy atom. The van der Waals surface area contributed by atoms with Gasteiger partial charge in [-0.05, 0) is 50.1 Å². The van der Waals surface area contributed by atoms with E-state index in [0.29, 0.717) is 36.0 Å². The Bertz CT molecular complexity index is 1090. The number of H-pyrrole nitrogens is 1. The van der Waals surface area contributed by atoms with Gasteiger partial charge in [-0.15, -0.1) is 0 Å². The lowest BCUT2D eigenvalue weighted by atomic mass is 10.1. The van der Waals surface area contributed by atoms with E-state index in [0.717, 1.165) is 23.4 Å². The van der Waals surface area contributed by atoms with Crippen molar-refractivity contribution in [3.63, 3.8) is 0 Å². The van der Waals surface area contributed by atoms with Crippen LogP contribution in [0.4, 0.5) is 0 Å². The zero-order valence-electron chi connectivity index (χ0n) is 16.2. The van der Waals surface area contributed by atoms with E-state index >= 15 is 0 Å². The van der Waals surface area contributed by atoms with Gasteiger partial charge in [-0.25, -0.2) is 0 Å². The zero-order chi connectivity index (χ0) is 20.2. The number of nitrogens with one attached hydrogen (secondary N) is 2. The summed E-state index contributed by atoms with van der Waals surface area (Å²) >= 11 is 0. The van der Waals surface area contributed by atoms with Crippen LogP contribution in [-0.4, -0.2) is 26.2 Å². The van der Waals surface area contributed by atoms with Crippen molar-refractivity contribution in [3.8, 4) is 11.4 Å². The number of carbonyl (C=O) groups is 1. The molecule has 0 saturated heterocycles. The standard InChI is InChI=1S/C21H21N5O3/c1-13-18(14(2)25-24-13)8-9-19-23-20(26-29-19)15-5-3-6-16(11-15)21(27)22-12-17-7-4-10-28-17/h3-7,10-11H,8-9,12H2,1-2H3,(H,22,27)(H,24,25). The average molecular weight is 391 g/mol. The molecule has 2 N–H and O–H groups in total. The molecule has 148 valence electrons. The second kappa shape index (κ2) is 8.14. The normalized spacial score (nSPS) is 11.0. The summed E-state index contributed by atoms with van der Waals surface area (Å²) in [6.45, 7) is 4.30. The predicted molar refractivity (Wildman–Crippen MR) is 105 cm³/mol. The molecule has 29 heavy (non-hydrogen) atoms. The first-order chi connectivity index (χ1) is 14.1. The van der Waals surface area contributed by atoms with Gasteiger partial charge in [0.25, 0.3) is 5.91 Å². The fourth-order valence-corrected chi connectivity index (χ4v) is 3.13. The zero-order valence-corrected chi connectivity index (χ0v) is 16.2. The average Bonchev–Trinajstić information content (AvgIpc) is 3.48. The van der Waals surface area contributed by atoms with Crippen LogP contribution in [0.2, 0.25) is 0 Å². The van der Waals surface area contributed by atoms with E-state index in [2.05, 4.69) is 25.7 Å². The van der Waals surface area contributed by atoms with Gasteiger partial charge in [0.2, 0.25) is 11.7 Å². The summed E-state index contributed by atoms with van der Waals surface area (Å²) in [5, 5.41) is 14.1. The number of furan rings is 1. The highest BCUT2D eigenvalue weighted by atomic mass is 16.5. The molecule has 0 aliphatic rings. The van der Waals surface area contributed by atoms with Gasteiger partial charge >= 0.3 is 0 Å². The number of aromatic nitrogens is 4. The summed E-state index contributed by atoms with van der Waals surface area (Å²) < 4.78 is 10.6. The van der Waals surface area contributed by atoms with Gasteiger partial charge < -0.3 is 14.3 Å². The Balaban J connectivity index is 1.42. The van der Waals surface area contributed by atoms with Crippen molar-refractivity contribution >= 4 is 5.91 Å². The van der Waals surface area contributed by atoms with Crippen molar-refractivity contribution in [3.05, 3.63) is 76.8 Å². The van der Waals surface area contributed by atoms with Gasteiger partial charge in [0, 0.05) is 23.2 Å². The highest BCUT2D eigenvalue weighted by molar-refractivity contribution is 5.95. The molecular formula is C21H21N5O3. The summed E-state index contributed by atoms with van der Waals surface area (Å²) in [6.07, 6.45) is 2.97. The van der Waals surface area contributed by atoms with Crippen LogP contribution < -0.4 is 5.32 Å². The minimum absolute atomic E-state index is 0.196. The molecule has 3 heterocycles. The van der Waals surface area contributed by atoms with Gasteiger partial charge in [0.15, 0.2) is 0 Å². The lowest BCUT2D eigenvalue weighted by molar-refractivity contribution is 0.0948. The van der Waals surface area contributed by atoms with Gasteiger partial charge in [0.05, 0.1) is 18.5 Å². The summed E-state index contributed by atoms with van der Waals surface area (Å²) in [5.74, 6) is 1.51. The molecule has 8 nitrogen and oxygen atoms in total. The third kappa shape index (κ3) is 4.26. The Labute approximate surface area is 167 Å². The van der Waals surface area contributed by atoms with Gasteiger partial charge in [-0.3, -0.25) is 9.89 Å². The fraction of sp³-hybridized carbons (Fsp3) is 0.238. The molecule has 0 unspecified atom stereocenters. The van der Waals surface area contributed by atoms with Gasteiger partial charge in [-0.2, -0.15) is 10.1 Å². The van der Waals surface area contributed by atoms with Crippen LogP contribution in [0.1, 0.15) is 39.0 Å². The molecule has 8 heteroatoms. The third-order valence-corrected chi connectivity index (χ3v) is 4.72. The smallest absolute Gasteiger partial charge is 0.251 e. The van der Waals surface area contributed by atoms with E-state index in [1.807, 2.05) is 26.0 Å². The molecule has 0 bridgehead atoms. The minimum Gasteiger partial charge on any atom is -0.467 e. The monoisotopic (exact) mass is 391 g/mol. The molecule has 0 atom stereocenters. The number of carbonyl (C=O) groups excluding carboxylic acids is 1. The lowest BCUT2D eigenvalue weighted by Gasteiger charge is -2.04. The van der Waals surface area contributed by atoms with Crippen molar-refractivity contribution in [1.29, 1.82) is 0 Å². The van der Waals surface area contributed by atoms with Gasteiger partial charge in [-0.1, -0.05) is 17.3 Å².